The number of nitrogen functional groups attached to an aromatic ring is 1. The molecule has 3 rings (SSSR count). The first kappa shape index (κ1) is 12.5. The second-order valence-electron chi connectivity index (χ2n) is 4.60. The first-order valence-electron chi connectivity index (χ1n) is 6.32. The van der Waals surface area contributed by atoms with Crippen molar-refractivity contribution in [2.75, 3.05) is 12.8 Å². The minimum absolute atomic E-state index is 0.159. The fourth-order valence-corrected chi connectivity index (χ4v) is 2.40. The molecule has 0 fully saturated rings. The van der Waals surface area contributed by atoms with Gasteiger partial charge in [-0.15, -0.1) is 0 Å². The minimum atomic E-state index is -0.401. The van der Waals surface area contributed by atoms with Crippen molar-refractivity contribution in [2.45, 2.75) is 0 Å². The number of benzene rings is 3. The maximum atomic E-state index is 13.7. The zero-order chi connectivity index (χ0) is 14.1. The van der Waals surface area contributed by atoms with Gasteiger partial charge in [-0.25, -0.2) is 4.39 Å². The van der Waals surface area contributed by atoms with E-state index in [4.69, 9.17) is 10.5 Å². The van der Waals surface area contributed by atoms with E-state index >= 15 is 0 Å². The molecule has 2 N–H and O–H groups in total. The van der Waals surface area contributed by atoms with Crippen molar-refractivity contribution in [3.8, 4) is 16.9 Å². The summed E-state index contributed by atoms with van der Waals surface area (Å²) in [4.78, 5) is 0. The van der Waals surface area contributed by atoms with Crippen LogP contribution >= 0.6 is 0 Å². The molecule has 0 atom stereocenters. The molecule has 0 saturated heterocycles. The van der Waals surface area contributed by atoms with E-state index in [1.807, 2.05) is 42.5 Å². The molecular weight excluding hydrogens is 253 g/mol. The van der Waals surface area contributed by atoms with Gasteiger partial charge in [0.1, 0.15) is 11.6 Å². The molecule has 0 bridgehead atoms. The second-order valence-corrected chi connectivity index (χ2v) is 4.60. The number of nitrogens with two attached hydrogens (primary N) is 1. The number of anilines is 1. The highest BCUT2D eigenvalue weighted by Crippen LogP contribution is 2.34. The standard InChI is InChI=1S/C17H14FNO/c1-20-17-9-7-12(13-4-2-3-5-14(13)17)11-6-8-16(19)15(18)10-11/h2-10H,19H2,1H3. The van der Waals surface area contributed by atoms with Gasteiger partial charge < -0.3 is 10.5 Å². The van der Waals surface area contributed by atoms with E-state index in [0.29, 0.717) is 0 Å². The van der Waals surface area contributed by atoms with E-state index in [1.165, 1.54) is 6.07 Å². The van der Waals surface area contributed by atoms with Crippen LogP contribution < -0.4 is 10.5 Å². The van der Waals surface area contributed by atoms with Crippen LogP contribution in [-0.4, -0.2) is 7.11 Å². The first-order valence-corrected chi connectivity index (χ1v) is 6.32. The molecule has 0 amide bonds. The molecule has 0 saturated carbocycles. The summed E-state index contributed by atoms with van der Waals surface area (Å²) in [5.74, 6) is 0.405. The lowest BCUT2D eigenvalue weighted by molar-refractivity contribution is 0.420. The molecule has 0 spiro atoms. The topological polar surface area (TPSA) is 35.2 Å². The van der Waals surface area contributed by atoms with Crippen LogP contribution in [0.4, 0.5) is 10.1 Å². The summed E-state index contributed by atoms with van der Waals surface area (Å²) >= 11 is 0. The lowest BCUT2D eigenvalue weighted by Crippen LogP contribution is -1.92. The average molecular weight is 267 g/mol. The van der Waals surface area contributed by atoms with Gasteiger partial charge in [-0.05, 0) is 34.7 Å². The van der Waals surface area contributed by atoms with Crippen molar-refractivity contribution < 1.29 is 9.13 Å². The van der Waals surface area contributed by atoms with Crippen LogP contribution in [0.5, 0.6) is 5.75 Å². The quantitative estimate of drug-likeness (QED) is 0.705. The Kier molecular flexibility index (Phi) is 3.03. The third kappa shape index (κ3) is 1.97. The number of methoxy groups -OCH3 is 1. The normalized spacial score (nSPS) is 10.7. The van der Waals surface area contributed by atoms with E-state index in [2.05, 4.69) is 0 Å². The third-order valence-corrected chi connectivity index (χ3v) is 3.42. The number of ether oxygens (including phenoxy) is 1. The second kappa shape index (κ2) is 4.85. The van der Waals surface area contributed by atoms with Crippen LogP contribution in [0.25, 0.3) is 21.9 Å². The van der Waals surface area contributed by atoms with Gasteiger partial charge >= 0.3 is 0 Å². The molecule has 2 nitrogen and oxygen atoms in total. The molecular formula is C17H14FNO. The van der Waals surface area contributed by atoms with Crippen LogP contribution in [-0.2, 0) is 0 Å². The molecule has 0 aliphatic heterocycles. The molecule has 20 heavy (non-hydrogen) atoms. The predicted molar refractivity (Wildman–Crippen MR) is 80.3 cm³/mol. The van der Waals surface area contributed by atoms with Crippen molar-refractivity contribution in [1.82, 2.24) is 0 Å². The molecule has 3 aromatic rings. The molecule has 0 radical (unpaired) electrons. The van der Waals surface area contributed by atoms with Crippen LogP contribution in [0.15, 0.2) is 54.6 Å². The average Bonchev–Trinajstić information content (AvgIpc) is 2.49. The number of hydrogen-bond donors (Lipinski definition) is 1. The maximum Gasteiger partial charge on any atom is 0.146 e. The van der Waals surface area contributed by atoms with Crippen LogP contribution in [0, 0.1) is 5.82 Å². The van der Waals surface area contributed by atoms with Crippen LogP contribution in [0.3, 0.4) is 0 Å². The highest BCUT2D eigenvalue weighted by molar-refractivity contribution is 6.00. The Morgan fingerprint density at radius 1 is 0.950 bits per heavy atom. The summed E-state index contributed by atoms with van der Waals surface area (Å²) in [6.45, 7) is 0. The van der Waals surface area contributed by atoms with E-state index in [9.17, 15) is 4.39 Å². The highest BCUT2D eigenvalue weighted by Gasteiger charge is 2.09. The fraction of sp³-hybridized carbons (Fsp3) is 0.0588. The largest absolute Gasteiger partial charge is 0.496 e. The Hall–Kier alpha value is -2.55. The van der Waals surface area contributed by atoms with Gasteiger partial charge in [0.05, 0.1) is 12.8 Å². The smallest absolute Gasteiger partial charge is 0.146 e. The van der Waals surface area contributed by atoms with Crippen LogP contribution in [0.2, 0.25) is 0 Å². The maximum absolute atomic E-state index is 13.7. The zero-order valence-corrected chi connectivity index (χ0v) is 11.1. The summed E-state index contributed by atoms with van der Waals surface area (Å²) in [7, 11) is 1.64. The fourth-order valence-electron chi connectivity index (χ4n) is 2.40. The first-order chi connectivity index (χ1) is 9.70. The molecule has 0 aliphatic rings. The van der Waals surface area contributed by atoms with E-state index in [0.717, 1.165) is 27.6 Å². The molecule has 3 aromatic carbocycles. The Labute approximate surface area is 116 Å². The monoisotopic (exact) mass is 267 g/mol. The SMILES string of the molecule is COc1ccc(-c2ccc(N)c(F)c2)c2ccccc12. The summed E-state index contributed by atoms with van der Waals surface area (Å²) in [6, 6.07) is 16.6. The summed E-state index contributed by atoms with van der Waals surface area (Å²) in [6.07, 6.45) is 0. The molecule has 0 heterocycles. The zero-order valence-electron chi connectivity index (χ0n) is 11.1. The van der Waals surface area contributed by atoms with Crippen LogP contribution in [0.1, 0.15) is 0 Å². The van der Waals surface area contributed by atoms with Crippen molar-refractivity contribution in [1.29, 1.82) is 0 Å². The summed E-state index contributed by atoms with van der Waals surface area (Å²) in [5, 5.41) is 2.03. The molecule has 0 aromatic heterocycles. The van der Waals surface area contributed by atoms with Gasteiger partial charge in [0.25, 0.3) is 0 Å². The minimum Gasteiger partial charge on any atom is -0.496 e. The number of rotatable bonds is 2. The molecule has 0 unspecified atom stereocenters. The van der Waals surface area contributed by atoms with E-state index in [-0.39, 0.29) is 5.69 Å². The van der Waals surface area contributed by atoms with Crippen molar-refractivity contribution in [3.05, 3.63) is 60.4 Å². The summed E-state index contributed by atoms with van der Waals surface area (Å²) < 4.78 is 19.0. The Balaban J connectivity index is 2.29. The van der Waals surface area contributed by atoms with Gasteiger partial charge in [-0.1, -0.05) is 36.4 Å². The lowest BCUT2D eigenvalue weighted by Gasteiger charge is -2.11. The summed E-state index contributed by atoms with van der Waals surface area (Å²) in [5.41, 5.74) is 7.45. The number of halogens is 1. The van der Waals surface area contributed by atoms with Gasteiger partial charge in [-0.2, -0.15) is 0 Å². The van der Waals surface area contributed by atoms with Gasteiger partial charge in [0.2, 0.25) is 0 Å². The van der Waals surface area contributed by atoms with Crippen molar-refractivity contribution >= 4 is 16.5 Å². The van der Waals surface area contributed by atoms with E-state index in [1.54, 1.807) is 13.2 Å². The van der Waals surface area contributed by atoms with Crippen molar-refractivity contribution in [2.24, 2.45) is 0 Å². The third-order valence-electron chi connectivity index (χ3n) is 3.42. The Morgan fingerprint density at radius 3 is 2.40 bits per heavy atom. The molecule has 100 valence electrons. The predicted octanol–water partition coefficient (Wildman–Crippen LogP) is 4.24. The van der Waals surface area contributed by atoms with Gasteiger partial charge in [0, 0.05) is 5.39 Å². The molecule has 0 aliphatic carbocycles. The van der Waals surface area contributed by atoms with Gasteiger partial charge in [0.15, 0.2) is 0 Å². The highest BCUT2D eigenvalue weighted by atomic mass is 19.1. The Morgan fingerprint density at radius 2 is 1.70 bits per heavy atom. The van der Waals surface area contributed by atoms with E-state index < -0.39 is 5.82 Å². The lowest BCUT2D eigenvalue weighted by atomic mass is 9.97. The van der Waals surface area contributed by atoms with Gasteiger partial charge in [-0.3, -0.25) is 0 Å². The molecule has 3 heteroatoms. The Bertz CT molecular complexity index is 783. The van der Waals surface area contributed by atoms with Crippen molar-refractivity contribution in [3.63, 3.8) is 0 Å². The number of fused-ring (bicyclic) bond motifs is 1. The number of hydrogen-bond acceptors (Lipinski definition) is 2.